The molecule has 0 saturated carbocycles. The summed E-state index contributed by atoms with van der Waals surface area (Å²) in [5, 5.41) is 10.1. The molecule has 4 nitrogen and oxygen atoms in total. The lowest BCUT2D eigenvalue weighted by Crippen LogP contribution is -2.16. The van der Waals surface area contributed by atoms with Crippen molar-refractivity contribution in [1.29, 1.82) is 0 Å². The average Bonchev–Trinajstić information content (AvgIpc) is 2.47. The summed E-state index contributed by atoms with van der Waals surface area (Å²) in [7, 11) is 0. The summed E-state index contributed by atoms with van der Waals surface area (Å²) in [6.45, 7) is 3.85. The van der Waals surface area contributed by atoms with Crippen LogP contribution < -0.4 is 10.5 Å². The fourth-order valence-corrected chi connectivity index (χ4v) is 2.57. The molecule has 0 heterocycles. The predicted octanol–water partition coefficient (Wildman–Crippen LogP) is 4.12. The summed E-state index contributed by atoms with van der Waals surface area (Å²) >= 11 is 6.06. The highest BCUT2D eigenvalue weighted by Crippen LogP contribution is 2.30. The van der Waals surface area contributed by atoms with Crippen molar-refractivity contribution in [3.05, 3.63) is 58.6 Å². The molecule has 0 aliphatic carbocycles. The largest absolute Gasteiger partial charge is 0.491 e. The van der Waals surface area contributed by atoms with Gasteiger partial charge in [-0.25, -0.2) is 0 Å². The van der Waals surface area contributed by atoms with E-state index in [1.807, 2.05) is 13.8 Å². The summed E-state index contributed by atoms with van der Waals surface area (Å²) in [4.78, 5) is 11.7. The molecular formula is C18H20ClNO3. The van der Waals surface area contributed by atoms with E-state index in [2.05, 4.69) is 0 Å². The third-order valence-electron chi connectivity index (χ3n) is 3.45. The van der Waals surface area contributed by atoms with Gasteiger partial charge in [-0.15, -0.1) is 0 Å². The van der Waals surface area contributed by atoms with E-state index in [-0.39, 0.29) is 6.10 Å². The zero-order chi connectivity index (χ0) is 17.0. The second kappa shape index (κ2) is 7.38. The van der Waals surface area contributed by atoms with Crippen molar-refractivity contribution in [3.63, 3.8) is 0 Å². The first-order valence-electron chi connectivity index (χ1n) is 7.40. The Balaban J connectivity index is 2.35. The standard InChI is InChI=1S/C18H20ClNO3/c1-11(2)23-17-8-5-14(19)9-13(17)10-16(18(21)22)12-3-6-15(20)7-4-12/h3-9,11,16H,10,20H2,1-2H3,(H,21,22). The molecule has 2 rings (SSSR count). The molecule has 23 heavy (non-hydrogen) atoms. The Morgan fingerprint density at radius 1 is 1.22 bits per heavy atom. The zero-order valence-corrected chi connectivity index (χ0v) is 13.9. The van der Waals surface area contributed by atoms with E-state index in [1.165, 1.54) is 0 Å². The van der Waals surface area contributed by atoms with Gasteiger partial charge in [0, 0.05) is 10.7 Å². The molecule has 0 aromatic heterocycles. The molecule has 0 fully saturated rings. The van der Waals surface area contributed by atoms with Gasteiger partial charge in [-0.1, -0.05) is 23.7 Å². The number of carboxylic acid groups (broad SMARTS) is 1. The summed E-state index contributed by atoms with van der Waals surface area (Å²) < 4.78 is 5.76. The maximum atomic E-state index is 11.7. The third kappa shape index (κ3) is 4.63. The summed E-state index contributed by atoms with van der Waals surface area (Å²) in [6, 6.07) is 12.2. The van der Waals surface area contributed by atoms with Gasteiger partial charge >= 0.3 is 5.97 Å². The minimum Gasteiger partial charge on any atom is -0.491 e. The molecule has 0 radical (unpaired) electrons. The number of nitrogen functional groups attached to an aromatic ring is 1. The van der Waals surface area contributed by atoms with E-state index in [4.69, 9.17) is 22.1 Å². The van der Waals surface area contributed by atoms with Gasteiger partial charge in [-0.3, -0.25) is 4.79 Å². The summed E-state index contributed by atoms with van der Waals surface area (Å²) in [5.41, 5.74) is 7.74. The van der Waals surface area contributed by atoms with E-state index in [0.717, 1.165) is 5.56 Å². The Morgan fingerprint density at radius 2 is 1.87 bits per heavy atom. The maximum Gasteiger partial charge on any atom is 0.311 e. The van der Waals surface area contributed by atoms with Crippen LogP contribution in [0.3, 0.4) is 0 Å². The Morgan fingerprint density at radius 3 is 2.43 bits per heavy atom. The van der Waals surface area contributed by atoms with Crippen molar-refractivity contribution in [3.8, 4) is 5.75 Å². The summed E-state index contributed by atoms with van der Waals surface area (Å²) in [5.74, 6) is -0.931. The minimum absolute atomic E-state index is 0.00488. The molecule has 0 aliphatic heterocycles. The number of carbonyl (C=O) groups is 1. The van der Waals surface area contributed by atoms with Crippen LogP contribution in [-0.4, -0.2) is 17.2 Å². The Bertz CT molecular complexity index is 683. The van der Waals surface area contributed by atoms with Crippen LogP contribution in [0.15, 0.2) is 42.5 Å². The van der Waals surface area contributed by atoms with Crippen LogP contribution in [0.25, 0.3) is 0 Å². The molecule has 0 bridgehead atoms. The number of anilines is 1. The van der Waals surface area contributed by atoms with E-state index < -0.39 is 11.9 Å². The molecule has 2 aromatic rings. The van der Waals surface area contributed by atoms with Crippen LogP contribution in [0.5, 0.6) is 5.75 Å². The normalized spacial score (nSPS) is 12.2. The van der Waals surface area contributed by atoms with Gasteiger partial charge in [0.1, 0.15) is 5.75 Å². The highest BCUT2D eigenvalue weighted by molar-refractivity contribution is 6.30. The molecule has 3 N–H and O–H groups in total. The molecule has 0 amide bonds. The molecule has 5 heteroatoms. The van der Waals surface area contributed by atoms with Gasteiger partial charge in [0.15, 0.2) is 0 Å². The Labute approximate surface area is 140 Å². The first-order chi connectivity index (χ1) is 10.9. The van der Waals surface area contributed by atoms with Crippen LogP contribution in [0.4, 0.5) is 5.69 Å². The van der Waals surface area contributed by atoms with Gasteiger partial charge in [0.05, 0.1) is 12.0 Å². The number of halogens is 1. The quantitative estimate of drug-likeness (QED) is 0.780. The predicted molar refractivity (Wildman–Crippen MR) is 92.2 cm³/mol. The third-order valence-corrected chi connectivity index (χ3v) is 3.68. The van der Waals surface area contributed by atoms with Crippen LogP contribution in [0.2, 0.25) is 5.02 Å². The number of hydrogen-bond acceptors (Lipinski definition) is 3. The molecule has 0 saturated heterocycles. The Kier molecular flexibility index (Phi) is 5.50. The van der Waals surface area contributed by atoms with Crippen molar-refractivity contribution >= 4 is 23.3 Å². The highest BCUT2D eigenvalue weighted by atomic mass is 35.5. The highest BCUT2D eigenvalue weighted by Gasteiger charge is 2.22. The van der Waals surface area contributed by atoms with Crippen molar-refractivity contribution in [2.75, 3.05) is 5.73 Å². The van der Waals surface area contributed by atoms with Gasteiger partial charge in [0.25, 0.3) is 0 Å². The van der Waals surface area contributed by atoms with Crippen molar-refractivity contribution in [2.24, 2.45) is 0 Å². The number of benzene rings is 2. The zero-order valence-electron chi connectivity index (χ0n) is 13.1. The second-order valence-electron chi connectivity index (χ2n) is 5.68. The molecule has 2 aromatic carbocycles. The number of aliphatic carboxylic acids is 1. The van der Waals surface area contributed by atoms with Gasteiger partial charge in [-0.05, 0) is 61.7 Å². The number of hydrogen-bond donors (Lipinski definition) is 2. The Hall–Kier alpha value is -2.20. The number of nitrogens with two attached hydrogens (primary N) is 1. The molecule has 1 unspecified atom stereocenters. The lowest BCUT2D eigenvalue weighted by atomic mass is 9.91. The smallest absolute Gasteiger partial charge is 0.311 e. The SMILES string of the molecule is CC(C)Oc1ccc(Cl)cc1CC(C(=O)O)c1ccc(N)cc1. The monoisotopic (exact) mass is 333 g/mol. The van der Waals surface area contributed by atoms with Gasteiger partial charge in [0.2, 0.25) is 0 Å². The first-order valence-corrected chi connectivity index (χ1v) is 7.78. The number of carboxylic acids is 1. The minimum atomic E-state index is -0.898. The number of ether oxygens (including phenoxy) is 1. The summed E-state index contributed by atoms with van der Waals surface area (Å²) in [6.07, 6.45) is 0.289. The lowest BCUT2D eigenvalue weighted by molar-refractivity contribution is -0.138. The number of rotatable bonds is 6. The van der Waals surface area contributed by atoms with Crippen LogP contribution in [0, 0.1) is 0 Å². The van der Waals surface area contributed by atoms with Crippen molar-refractivity contribution in [2.45, 2.75) is 32.3 Å². The van der Waals surface area contributed by atoms with Crippen LogP contribution in [0.1, 0.15) is 30.9 Å². The molecule has 0 spiro atoms. The lowest BCUT2D eigenvalue weighted by Gasteiger charge is -2.18. The fourth-order valence-electron chi connectivity index (χ4n) is 2.37. The van der Waals surface area contributed by atoms with E-state index in [0.29, 0.717) is 28.4 Å². The maximum absolute atomic E-state index is 11.7. The molecular weight excluding hydrogens is 314 g/mol. The van der Waals surface area contributed by atoms with Crippen molar-refractivity contribution in [1.82, 2.24) is 0 Å². The van der Waals surface area contributed by atoms with Crippen LogP contribution >= 0.6 is 11.6 Å². The fraction of sp³-hybridized carbons (Fsp3) is 0.278. The van der Waals surface area contributed by atoms with Crippen molar-refractivity contribution < 1.29 is 14.6 Å². The molecule has 0 aliphatic rings. The topological polar surface area (TPSA) is 72.5 Å². The van der Waals surface area contributed by atoms with Crippen LogP contribution in [-0.2, 0) is 11.2 Å². The molecule has 1 atom stereocenters. The van der Waals surface area contributed by atoms with Gasteiger partial charge < -0.3 is 15.6 Å². The van der Waals surface area contributed by atoms with Gasteiger partial charge in [-0.2, -0.15) is 0 Å². The second-order valence-corrected chi connectivity index (χ2v) is 6.12. The van der Waals surface area contributed by atoms with E-state index >= 15 is 0 Å². The average molecular weight is 334 g/mol. The molecule has 122 valence electrons. The van der Waals surface area contributed by atoms with E-state index in [1.54, 1.807) is 42.5 Å². The first kappa shape index (κ1) is 17.2. The van der Waals surface area contributed by atoms with E-state index in [9.17, 15) is 9.90 Å².